The van der Waals surface area contributed by atoms with E-state index in [2.05, 4.69) is 34.6 Å². The highest BCUT2D eigenvalue weighted by atomic mass is 16.6. The van der Waals surface area contributed by atoms with Crippen LogP contribution in [0.3, 0.4) is 0 Å². The quantitative estimate of drug-likeness (QED) is 0.0867. The van der Waals surface area contributed by atoms with Crippen LogP contribution in [0.4, 0.5) is 0 Å². The van der Waals surface area contributed by atoms with E-state index in [1.165, 1.54) is 44.9 Å². The van der Waals surface area contributed by atoms with Gasteiger partial charge in [-0.25, -0.2) is 0 Å². The Hall–Kier alpha value is -3.75. The Morgan fingerprint density at radius 2 is 0.967 bits per heavy atom. The molecule has 0 radical (unpaired) electrons. The molecule has 8 bridgehead atoms. The molecule has 91 heavy (non-hydrogen) atoms. The van der Waals surface area contributed by atoms with E-state index >= 15 is 0 Å². The topological polar surface area (TPSA) is 204 Å². The summed E-state index contributed by atoms with van der Waals surface area (Å²) >= 11 is 0. The van der Waals surface area contributed by atoms with Crippen molar-refractivity contribution in [1.82, 2.24) is 0 Å². The van der Waals surface area contributed by atoms with Crippen molar-refractivity contribution in [2.24, 2.45) is 79.8 Å². The molecule has 0 aromatic rings. The molecule has 1 N–H and O–H groups in total. The van der Waals surface area contributed by atoms with Crippen LogP contribution in [-0.4, -0.2) is 92.7 Å². The predicted molar refractivity (Wildman–Crippen MR) is 351 cm³/mol. The summed E-state index contributed by atoms with van der Waals surface area (Å²) in [6, 6.07) is 0. The van der Waals surface area contributed by atoms with Crippen LogP contribution in [0.25, 0.3) is 0 Å². The maximum absolute atomic E-state index is 12.7. The summed E-state index contributed by atoms with van der Waals surface area (Å²) in [4.78, 5) is 83.9. The van der Waals surface area contributed by atoms with E-state index in [1.807, 2.05) is 96.9 Å². The van der Waals surface area contributed by atoms with Crippen molar-refractivity contribution in [3.05, 3.63) is 0 Å². The lowest BCUT2D eigenvalue weighted by Gasteiger charge is -2.59. The minimum atomic E-state index is -0.819. The van der Waals surface area contributed by atoms with Gasteiger partial charge in [-0.2, -0.15) is 0 Å². The molecule has 13 atom stereocenters. The van der Waals surface area contributed by atoms with Crippen LogP contribution in [0.2, 0.25) is 0 Å². The third-order valence-electron chi connectivity index (χ3n) is 26.0. The molecule has 15 heteroatoms. The lowest BCUT2D eigenvalue weighted by molar-refractivity contribution is -0.225. The van der Waals surface area contributed by atoms with Gasteiger partial charge in [-0.15, -0.1) is 0 Å². The molecular formula is C76H126O15. The average Bonchev–Trinajstić information content (AvgIpc) is 1.58. The number of rotatable bonds is 16. The number of hydrogen-bond donors (Lipinski definition) is 1. The molecule has 0 amide bonds. The van der Waals surface area contributed by atoms with Crippen LogP contribution in [0.5, 0.6) is 0 Å². The van der Waals surface area contributed by atoms with Gasteiger partial charge in [0.25, 0.3) is 0 Å². The molecule has 12 fully saturated rings. The molecule has 10 aliphatic carbocycles. The first-order valence-corrected chi connectivity index (χ1v) is 36.2. The van der Waals surface area contributed by atoms with Crippen molar-refractivity contribution in [3.63, 3.8) is 0 Å². The Balaban J connectivity index is 0.000000163. The van der Waals surface area contributed by atoms with Crippen molar-refractivity contribution in [3.8, 4) is 0 Å². The number of carbonyl (C=O) groups is 7. The maximum Gasteiger partial charge on any atom is 0.312 e. The molecular weight excluding hydrogens is 1150 g/mol. The third kappa shape index (κ3) is 15.6. The van der Waals surface area contributed by atoms with Gasteiger partial charge in [-0.05, 0) is 272 Å². The number of fused-ring (bicyclic) bond motifs is 10. The van der Waals surface area contributed by atoms with E-state index in [4.69, 9.17) is 33.2 Å². The van der Waals surface area contributed by atoms with Gasteiger partial charge in [0.1, 0.15) is 29.0 Å². The molecule has 520 valence electrons. The maximum atomic E-state index is 12.7. The highest BCUT2D eigenvalue weighted by Gasteiger charge is 2.68. The normalized spacial score (nSPS) is 36.2. The first-order chi connectivity index (χ1) is 41.9. The lowest BCUT2D eigenvalue weighted by Crippen LogP contribution is -2.61. The second-order valence-electron chi connectivity index (χ2n) is 35.4. The fourth-order valence-electron chi connectivity index (χ4n) is 17.8. The minimum Gasteiger partial charge on any atom is -0.459 e. The van der Waals surface area contributed by atoms with E-state index in [0.717, 1.165) is 126 Å². The predicted octanol–water partition coefficient (Wildman–Crippen LogP) is 16.5. The van der Waals surface area contributed by atoms with Crippen molar-refractivity contribution >= 4 is 41.8 Å². The first-order valence-electron chi connectivity index (χ1n) is 36.2. The summed E-state index contributed by atoms with van der Waals surface area (Å²) in [5.74, 6) is 5.37. The van der Waals surface area contributed by atoms with Crippen LogP contribution >= 0.6 is 0 Å². The van der Waals surface area contributed by atoms with Gasteiger partial charge < -0.3 is 38.3 Å². The smallest absolute Gasteiger partial charge is 0.312 e. The molecule has 0 aromatic carbocycles. The Kier molecular flexibility index (Phi) is 22.2. The molecule has 2 aliphatic heterocycles. The van der Waals surface area contributed by atoms with Crippen LogP contribution in [0.1, 0.15) is 312 Å². The number of ether oxygens (including phenoxy) is 7. The Morgan fingerprint density at radius 3 is 1.43 bits per heavy atom. The van der Waals surface area contributed by atoms with Crippen molar-refractivity contribution in [2.75, 3.05) is 0 Å². The average molecular weight is 1280 g/mol. The summed E-state index contributed by atoms with van der Waals surface area (Å²) < 4.78 is 39.6. The number of esters is 7. The fourth-order valence-corrected chi connectivity index (χ4v) is 17.8. The van der Waals surface area contributed by atoms with Crippen LogP contribution in [0.15, 0.2) is 0 Å². The van der Waals surface area contributed by atoms with Crippen molar-refractivity contribution in [2.45, 2.75) is 358 Å². The molecule has 12 rings (SSSR count). The third-order valence-corrected chi connectivity index (χ3v) is 26.0. The SMILES string of the molecule is CCC(C)(C)C(=O)OC1(C(C)(C)C)CCCC1.CCC(C)(C)C(=O)OC1(C)CC(=O)OC1C.CCC(C)(C)C(=O)OC1(CC)CC2CC1C1C3CCC(C3)C21.CCC(C)(C)C(=O)OC12CC3CC(CC(O)(C3)C1)C2.CCC(C)(C)C(=O)OC12CCCC1OC(=O)C2. The molecule has 13 unspecified atom stereocenters. The number of hydrogen-bond acceptors (Lipinski definition) is 15. The summed E-state index contributed by atoms with van der Waals surface area (Å²) in [6.07, 6.45) is 24.2. The van der Waals surface area contributed by atoms with Gasteiger partial charge in [0, 0.05) is 17.8 Å². The minimum absolute atomic E-state index is 0.0307. The van der Waals surface area contributed by atoms with Crippen LogP contribution in [-0.2, 0) is 66.7 Å². The molecule has 2 saturated heterocycles. The number of cyclic esters (lactones) is 1. The monoisotopic (exact) mass is 1280 g/mol. The van der Waals surface area contributed by atoms with Gasteiger partial charge in [-0.3, -0.25) is 33.6 Å². The lowest BCUT2D eigenvalue weighted by atomic mass is 9.52. The summed E-state index contributed by atoms with van der Waals surface area (Å²) in [5.41, 5.74) is -4.85. The second-order valence-corrected chi connectivity index (χ2v) is 35.4. The van der Waals surface area contributed by atoms with Gasteiger partial charge in [0.15, 0.2) is 11.2 Å². The van der Waals surface area contributed by atoms with E-state index in [0.29, 0.717) is 30.6 Å². The molecule has 12 aliphatic rings. The molecule has 0 spiro atoms. The van der Waals surface area contributed by atoms with Crippen LogP contribution < -0.4 is 0 Å². The number of aliphatic hydroxyl groups is 1. The van der Waals surface area contributed by atoms with Gasteiger partial charge >= 0.3 is 41.8 Å². The first kappa shape index (κ1) is 74.6. The van der Waals surface area contributed by atoms with E-state index in [-0.39, 0.29) is 99.9 Å². The van der Waals surface area contributed by atoms with E-state index in [1.54, 1.807) is 13.8 Å². The van der Waals surface area contributed by atoms with Crippen LogP contribution in [0, 0.1) is 79.8 Å². The highest BCUT2D eigenvalue weighted by Crippen LogP contribution is 2.71. The van der Waals surface area contributed by atoms with E-state index in [9.17, 15) is 38.7 Å². The molecule has 15 nitrogen and oxygen atoms in total. The van der Waals surface area contributed by atoms with Crippen molar-refractivity contribution in [1.29, 1.82) is 0 Å². The highest BCUT2D eigenvalue weighted by molar-refractivity contribution is 5.80. The van der Waals surface area contributed by atoms with E-state index < -0.39 is 33.0 Å². The standard InChI is InChI=1S/C20H32O2.C16H26O3.C15H28O2.C13H20O4.C12H20O4/c1-5-19(3,4)18(21)22-20(6-2)11-14-10-15(20)17-13-8-7-12(9-13)16(14)17;1-4-14(2,3)13(17)19-16-8-11-5-12(9-16)7-15(18,6-11)10-16;1-7-14(5,6)12(16)17-15(13(2,3)4)10-8-9-11-15;1-4-12(2,3)11(15)17-13-7-5-6-9(13)16-10(14)8-13;1-6-11(3,4)10(14)16-12(5)7-9(13)15-8(12)2/h12-17H,5-11H2,1-4H3;11-12,18H,4-10H2,1-3H3;7-11H2,1-6H3;9H,4-8H2,1-3H3;8H,6-7H2,1-5H3. The second kappa shape index (κ2) is 27.0. The Labute approximate surface area is 549 Å². The summed E-state index contributed by atoms with van der Waals surface area (Å²) in [7, 11) is 0. The zero-order chi connectivity index (χ0) is 68.1. The molecule has 10 saturated carbocycles. The zero-order valence-corrected chi connectivity index (χ0v) is 60.8. The van der Waals surface area contributed by atoms with Gasteiger partial charge in [0.2, 0.25) is 0 Å². The summed E-state index contributed by atoms with van der Waals surface area (Å²) in [5, 5.41) is 10.6. The molecule has 2 heterocycles. The Bertz CT molecular complexity index is 2620. The van der Waals surface area contributed by atoms with Gasteiger partial charge in [-0.1, -0.05) is 62.3 Å². The zero-order valence-electron chi connectivity index (χ0n) is 60.8. The summed E-state index contributed by atoms with van der Waals surface area (Å²) in [6.45, 7) is 41.7. The van der Waals surface area contributed by atoms with Gasteiger partial charge in [0.05, 0.1) is 45.5 Å². The Morgan fingerprint density at radius 1 is 0.505 bits per heavy atom. The molecule has 0 aromatic heterocycles. The largest absolute Gasteiger partial charge is 0.459 e. The fraction of sp³-hybridized carbons (Fsp3) is 0.908. The number of carbonyl (C=O) groups excluding carboxylic acids is 7. The van der Waals surface area contributed by atoms with Crippen molar-refractivity contribution < 1.29 is 71.8 Å².